The lowest BCUT2D eigenvalue weighted by atomic mass is 10.0. The number of esters is 1. The van der Waals surface area contributed by atoms with E-state index in [2.05, 4.69) is 33.5 Å². The van der Waals surface area contributed by atoms with E-state index in [4.69, 9.17) is 9.84 Å². The molecule has 19 heavy (non-hydrogen) atoms. The van der Waals surface area contributed by atoms with E-state index in [-0.39, 0.29) is 0 Å². The fourth-order valence-corrected chi connectivity index (χ4v) is 5.26. The van der Waals surface area contributed by atoms with Gasteiger partial charge in [-0.2, -0.15) is 0 Å². The molecule has 0 aromatic carbocycles. The van der Waals surface area contributed by atoms with Gasteiger partial charge < -0.3 is 9.84 Å². The van der Waals surface area contributed by atoms with Crippen LogP contribution in [0, 0.1) is 5.92 Å². The van der Waals surface area contributed by atoms with Gasteiger partial charge in [0, 0.05) is 20.2 Å². The van der Waals surface area contributed by atoms with E-state index in [1.54, 1.807) is 0 Å². The first-order valence-corrected chi connectivity index (χ1v) is 10.3. The van der Waals surface area contributed by atoms with E-state index in [0.717, 1.165) is 25.0 Å². The zero-order valence-electron chi connectivity index (χ0n) is 12.6. The molecule has 4 nitrogen and oxygen atoms in total. The van der Waals surface area contributed by atoms with Crippen LogP contribution in [-0.4, -0.2) is 31.7 Å². The number of ether oxygens (including phenoxy) is 1. The van der Waals surface area contributed by atoms with E-state index in [9.17, 15) is 9.59 Å². The predicted octanol–water partition coefficient (Wildman–Crippen LogP) is 3.32. The van der Waals surface area contributed by atoms with Crippen molar-refractivity contribution in [2.45, 2.75) is 51.9 Å². The number of carbonyl (C=O) groups excluding carboxylic acids is 1. The van der Waals surface area contributed by atoms with Crippen LogP contribution >= 0.6 is 0 Å². The number of hydrogen-bond acceptors (Lipinski definition) is 3. The second-order valence-corrected chi connectivity index (χ2v) is 11.5. The summed E-state index contributed by atoms with van der Waals surface area (Å²) in [5.41, 5.74) is 0.605. The molecule has 0 saturated carbocycles. The maximum absolute atomic E-state index is 11.3. The monoisotopic (exact) mass is 286 g/mol. The highest BCUT2D eigenvalue weighted by Gasteiger charge is 2.30. The Morgan fingerprint density at radius 2 is 1.84 bits per heavy atom. The van der Waals surface area contributed by atoms with Gasteiger partial charge in [0.2, 0.25) is 0 Å². The summed E-state index contributed by atoms with van der Waals surface area (Å²) >= 11 is 0. The Bertz CT molecular complexity index is 331. The van der Waals surface area contributed by atoms with Crippen molar-refractivity contribution in [2.75, 3.05) is 6.61 Å². The molecule has 0 aliphatic rings. The third-order valence-electron chi connectivity index (χ3n) is 3.48. The lowest BCUT2D eigenvalue weighted by Gasteiger charge is -2.33. The number of carboxylic acid groups (broad SMARTS) is 1. The molecule has 0 aromatic rings. The quantitative estimate of drug-likeness (QED) is 0.422. The summed E-state index contributed by atoms with van der Waals surface area (Å²) in [7, 11) is -1.28. The predicted molar refractivity (Wildman–Crippen MR) is 78.9 cm³/mol. The van der Waals surface area contributed by atoms with E-state index >= 15 is 0 Å². The van der Waals surface area contributed by atoms with E-state index in [1.807, 2.05) is 0 Å². The first-order chi connectivity index (χ1) is 8.68. The maximum Gasteiger partial charge on any atom is 0.331 e. The van der Waals surface area contributed by atoms with E-state index in [1.165, 1.54) is 0 Å². The number of carboxylic acids is 1. The van der Waals surface area contributed by atoms with E-state index in [0.29, 0.717) is 18.1 Å². The van der Waals surface area contributed by atoms with Gasteiger partial charge in [-0.25, -0.2) is 9.59 Å². The van der Waals surface area contributed by atoms with Crippen molar-refractivity contribution in [3.8, 4) is 0 Å². The van der Waals surface area contributed by atoms with Crippen molar-refractivity contribution in [1.82, 2.24) is 0 Å². The molecule has 5 heteroatoms. The minimum absolute atomic E-state index is 0.363. The molecule has 0 rings (SSSR count). The molecule has 0 saturated heterocycles. The van der Waals surface area contributed by atoms with Crippen molar-refractivity contribution in [3.05, 3.63) is 12.2 Å². The minimum atomic E-state index is -1.28. The highest BCUT2D eigenvalue weighted by molar-refractivity contribution is 6.77. The molecule has 2 atom stereocenters. The summed E-state index contributed by atoms with van der Waals surface area (Å²) < 4.78 is 5.05. The van der Waals surface area contributed by atoms with Crippen LogP contribution in [0.25, 0.3) is 0 Å². The smallest absolute Gasteiger partial charge is 0.331 e. The number of hydrogen-bond donors (Lipinski definition) is 1. The van der Waals surface area contributed by atoms with Gasteiger partial charge in [0.1, 0.15) is 0 Å². The molecule has 0 spiro atoms. The third-order valence-corrected chi connectivity index (χ3v) is 6.56. The highest BCUT2D eigenvalue weighted by Crippen LogP contribution is 2.34. The van der Waals surface area contributed by atoms with E-state index < -0.39 is 20.0 Å². The Balaban J connectivity index is 4.28. The first-order valence-electron chi connectivity index (χ1n) is 6.76. The van der Waals surface area contributed by atoms with Gasteiger partial charge in [0.25, 0.3) is 0 Å². The van der Waals surface area contributed by atoms with Crippen molar-refractivity contribution < 1.29 is 19.4 Å². The molecular weight excluding hydrogens is 260 g/mol. The molecule has 0 aromatic heterocycles. The topological polar surface area (TPSA) is 63.6 Å². The van der Waals surface area contributed by atoms with Crippen molar-refractivity contribution in [2.24, 2.45) is 5.92 Å². The second kappa shape index (κ2) is 8.14. The Labute approximate surface area is 116 Å². The largest absolute Gasteiger partial charge is 0.478 e. The molecule has 0 amide bonds. The average molecular weight is 286 g/mol. The first kappa shape index (κ1) is 17.9. The fourth-order valence-electron chi connectivity index (χ4n) is 2.33. The van der Waals surface area contributed by atoms with Gasteiger partial charge in [0.05, 0.1) is 6.61 Å². The molecule has 0 fully saturated rings. The van der Waals surface area contributed by atoms with Crippen LogP contribution in [0.3, 0.4) is 0 Å². The standard InChI is InChI=1S/C14H26O4Si/c1-6-11(2)12(19(3,4)5)9-10-18-14(17)8-7-13(15)16/h7-8,11-12H,6,9-10H2,1-5H3,(H,15,16)/b8-7+. The Kier molecular flexibility index (Phi) is 7.67. The zero-order chi connectivity index (χ0) is 15.1. The summed E-state index contributed by atoms with van der Waals surface area (Å²) in [6.07, 6.45) is 3.74. The zero-order valence-corrected chi connectivity index (χ0v) is 13.6. The lowest BCUT2D eigenvalue weighted by molar-refractivity contribution is -0.138. The molecule has 0 bridgehead atoms. The van der Waals surface area contributed by atoms with Gasteiger partial charge >= 0.3 is 11.9 Å². The van der Waals surface area contributed by atoms with Gasteiger partial charge in [-0.3, -0.25) is 0 Å². The molecule has 1 N–H and O–H groups in total. The van der Waals surface area contributed by atoms with Crippen LogP contribution in [0.5, 0.6) is 0 Å². The summed E-state index contributed by atoms with van der Waals surface area (Å²) in [4.78, 5) is 21.5. The van der Waals surface area contributed by atoms with Crippen LogP contribution < -0.4 is 0 Å². The second-order valence-electron chi connectivity index (χ2n) is 5.99. The summed E-state index contributed by atoms with van der Waals surface area (Å²) in [5.74, 6) is -1.10. The Morgan fingerprint density at radius 1 is 1.26 bits per heavy atom. The van der Waals surface area contributed by atoms with Crippen LogP contribution in [0.4, 0.5) is 0 Å². The molecule has 0 aliphatic carbocycles. The summed E-state index contributed by atoms with van der Waals surface area (Å²) in [6, 6.07) is 0. The van der Waals surface area contributed by atoms with Crippen molar-refractivity contribution in [3.63, 3.8) is 0 Å². The third kappa shape index (κ3) is 7.82. The number of rotatable bonds is 8. The fraction of sp³-hybridized carbons (Fsp3) is 0.714. The Hall–Kier alpha value is -1.10. The molecule has 0 aliphatic heterocycles. The molecular formula is C14H26O4Si. The molecule has 0 heterocycles. The molecule has 110 valence electrons. The van der Waals surface area contributed by atoms with Crippen molar-refractivity contribution >= 4 is 20.0 Å². The maximum atomic E-state index is 11.3. The molecule has 0 radical (unpaired) electrons. The lowest BCUT2D eigenvalue weighted by Crippen LogP contribution is -2.33. The normalized spacial score (nSPS) is 15.2. The van der Waals surface area contributed by atoms with Gasteiger partial charge in [-0.05, 0) is 17.9 Å². The number of carbonyl (C=O) groups is 2. The van der Waals surface area contributed by atoms with Crippen LogP contribution in [0.1, 0.15) is 26.7 Å². The molecule has 2 unspecified atom stereocenters. The summed E-state index contributed by atoms with van der Waals surface area (Å²) in [6.45, 7) is 11.8. The van der Waals surface area contributed by atoms with Gasteiger partial charge in [-0.1, -0.05) is 39.9 Å². The van der Waals surface area contributed by atoms with Crippen LogP contribution in [-0.2, 0) is 14.3 Å². The van der Waals surface area contributed by atoms with Gasteiger partial charge in [-0.15, -0.1) is 0 Å². The van der Waals surface area contributed by atoms with Crippen LogP contribution in [0.2, 0.25) is 25.2 Å². The van der Waals surface area contributed by atoms with Crippen LogP contribution in [0.15, 0.2) is 12.2 Å². The average Bonchev–Trinajstić information content (AvgIpc) is 2.29. The van der Waals surface area contributed by atoms with Gasteiger partial charge in [0.15, 0.2) is 0 Å². The van der Waals surface area contributed by atoms with Crippen molar-refractivity contribution in [1.29, 1.82) is 0 Å². The Morgan fingerprint density at radius 3 is 2.26 bits per heavy atom. The summed E-state index contributed by atoms with van der Waals surface area (Å²) in [5, 5.41) is 8.40. The minimum Gasteiger partial charge on any atom is -0.478 e. The SMILES string of the molecule is CCC(C)C(CCOC(=O)/C=C/C(=O)O)[Si](C)(C)C. The number of aliphatic carboxylic acids is 1. The highest BCUT2D eigenvalue weighted by atomic mass is 28.3.